The summed E-state index contributed by atoms with van der Waals surface area (Å²) in [4.78, 5) is 34.5. The summed E-state index contributed by atoms with van der Waals surface area (Å²) in [6, 6.07) is 5.59. The number of H-pyrrole nitrogens is 1. The van der Waals surface area contributed by atoms with Crippen LogP contribution in [-0.4, -0.2) is 41.7 Å². The van der Waals surface area contributed by atoms with Crippen molar-refractivity contribution in [2.24, 2.45) is 21.6 Å². The molecule has 9 heteroatoms. The van der Waals surface area contributed by atoms with Gasteiger partial charge in [0.15, 0.2) is 11.4 Å². The Balaban J connectivity index is 2.19. The zero-order valence-corrected chi connectivity index (χ0v) is 17.0. The van der Waals surface area contributed by atoms with Crippen molar-refractivity contribution in [2.45, 2.75) is 58.2 Å². The van der Waals surface area contributed by atoms with Gasteiger partial charge in [0, 0.05) is 12.8 Å². The number of amidine groups is 1. The lowest BCUT2D eigenvalue weighted by Crippen LogP contribution is -2.27. The second-order valence-electron chi connectivity index (χ2n) is 7.24. The number of esters is 1. The molecule has 1 aliphatic heterocycles. The van der Waals surface area contributed by atoms with Gasteiger partial charge in [0.1, 0.15) is 12.7 Å². The third-order valence-corrected chi connectivity index (χ3v) is 4.46. The Kier molecular flexibility index (Phi) is 7.67. The molecule has 0 saturated carbocycles. The van der Waals surface area contributed by atoms with E-state index >= 15 is 0 Å². The molecule has 1 aliphatic rings. The number of nitrogens with zero attached hydrogens (tertiary/aromatic N) is 3. The first kappa shape index (κ1) is 22.3. The normalized spacial score (nSPS) is 22.2. The quantitative estimate of drug-likeness (QED) is 0.407. The molecule has 2 atom stereocenters. The molecule has 0 radical (unpaired) electrons. The Labute approximate surface area is 170 Å². The first-order valence-electron chi connectivity index (χ1n) is 9.63. The van der Waals surface area contributed by atoms with E-state index in [1.54, 1.807) is 19.1 Å². The lowest BCUT2D eigenvalue weighted by Gasteiger charge is -2.20. The maximum absolute atomic E-state index is 12.1. The number of carbonyl (C=O) groups excluding carboxylic acids is 2. The van der Waals surface area contributed by atoms with Crippen LogP contribution in [0.4, 0.5) is 0 Å². The van der Waals surface area contributed by atoms with E-state index in [2.05, 4.69) is 21.0 Å². The Morgan fingerprint density at radius 1 is 1.52 bits per heavy atom. The van der Waals surface area contributed by atoms with Gasteiger partial charge in [0.05, 0.1) is 23.8 Å². The summed E-state index contributed by atoms with van der Waals surface area (Å²) in [7, 11) is 0. The summed E-state index contributed by atoms with van der Waals surface area (Å²) in [6.45, 7) is 5.67. The number of hydrogen-bond acceptors (Lipinski definition) is 5. The fourth-order valence-electron chi connectivity index (χ4n) is 3.02. The molecule has 0 aliphatic carbocycles. The molecule has 1 saturated heterocycles. The third kappa shape index (κ3) is 5.74. The van der Waals surface area contributed by atoms with E-state index in [1.807, 2.05) is 13.8 Å². The predicted molar refractivity (Wildman–Crippen MR) is 107 cm³/mol. The van der Waals surface area contributed by atoms with Crippen LogP contribution < -0.4 is 5.73 Å². The molecular weight excluding hydrogens is 374 g/mol. The molecule has 0 aromatic carbocycles. The lowest BCUT2D eigenvalue weighted by atomic mass is 9.98. The van der Waals surface area contributed by atoms with E-state index in [0.717, 1.165) is 6.34 Å². The number of amides is 1. The van der Waals surface area contributed by atoms with E-state index < -0.39 is 5.60 Å². The molecule has 2 unspecified atom stereocenters. The number of nitrogens with one attached hydrogen (secondary N) is 1. The third-order valence-electron chi connectivity index (χ3n) is 4.46. The number of rotatable bonds is 7. The van der Waals surface area contributed by atoms with Crippen molar-refractivity contribution < 1.29 is 19.1 Å². The molecule has 156 valence electrons. The van der Waals surface area contributed by atoms with Crippen LogP contribution in [0.25, 0.3) is 0 Å². The average molecular weight is 401 g/mol. The lowest BCUT2D eigenvalue weighted by molar-refractivity contribution is -0.148. The number of aliphatic imine (C=N–C) groups is 2. The van der Waals surface area contributed by atoms with Gasteiger partial charge in [-0.05, 0) is 30.9 Å². The molecule has 0 bridgehead atoms. The van der Waals surface area contributed by atoms with Gasteiger partial charge in [-0.15, -0.1) is 0 Å². The highest BCUT2D eigenvalue weighted by atomic mass is 16.6. The molecule has 1 aromatic rings. The first-order chi connectivity index (χ1) is 13.8. The summed E-state index contributed by atoms with van der Waals surface area (Å²) in [5, 5.41) is 9.77. The maximum Gasteiger partial charge on any atom is 0.305 e. The smallest absolute Gasteiger partial charge is 0.305 e. The Morgan fingerprint density at radius 2 is 2.28 bits per heavy atom. The van der Waals surface area contributed by atoms with E-state index in [4.69, 9.17) is 15.2 Å². The van der Waals surface area contributed by atoms with Crippen LogP contribution >= 0.6 is 0 Å². The second kappa shape index (κ2) is 9.98. The highest BCUT2D eigenvalue weighted by Gasteiger charge is 2.43. The molecule has 1 aromatic heterocycles. The standard InChI is InChI=1S/C20H27N5O4/c1-4-18(27)28-10-14-7-8-20(11-21,29-14)16-6-5-15(24-16)19(23-12-22)25-17(26)9-13(2)3/h5-6,12-14,24H,4,7-10H2,1-3H3,(H2,22,23,25,26). The minimum absolute atomic E-state index is 0.109. The summed E-state index contributed by atoms with van der Waals surface area (Å²) in [5.41, 5.74) is 5.18. The molecule has 1 amide bonds. The van der Waals surface area contributed by atoms with Crippen molar-refractivity contribution in [2.75, 3.05) is 6.61 Å². The second-order valence-corrected chi connectivity index (χ2v) is 7.24. The fraction of sp³-hybridized carbons (Fsp3) is 0.550. The number of aromatic amines is 1. The number of carbonyl (C=O) groups is 2. The van der Waals surface area contributed by atoms with Crippen molar-refractivity contribution in [3.8, 4) is 6.07 Å². The molecule has 3 N–H and O–H groups in total. The van der Waals surface area contributed by atoms with Crippen LogP contribution in [0.15, 0.2) is 22.1 Å². The number of ether oxygens (including phenoxy) is 2. The summed E-state index contributed by atoms with van der Waals surface area (Å²) in [6.07, 6.45) is 2.30. The van der Waals surface area contributed by atoms with Crippen LogP contribution in [0, 0.1) is 17.2 Å². The number of nitrogens with two attached hydrogens (primary N) is 1. The highest BCUT2D eigenvalue weighted by Crippen LogP contribution is 2.38. The Morgan fingerprint density at radius 3 is 2.90 bits per heavy atom. The van der Waals surface area contributed by atoms with Crippen LogP contribution in [0.2, 0.25) is 0 Å². The SMILES string of the molecule is CCC(=O)OCC1CCC(C#N)(c2ccc(C(N=CN)=NC(=O)CC(C)C)[nH]2)O1. The topological polar surface area (TPSA) is 143 Å². The Hall–Kier alpha value is -2.99. The molecular formula is C20H27N5O4. The van der Waals surface area contributed by atoms with Gasteiger partial charge in [-0.2, -0.15) is 10.3 Å². The van der Waals surface area contributed by atoms with Gasteiger partial charge in [0.25, 0.3) is 0 Å². The fourth-order valence-corrected chi connectivity index (χ4v) is 3.02. The van der Waals surface area contributed by atoms with Gasteiger partial charge in [-0.1, -0.05) is 20.8 Å². The monoisotopic (exact) mass is 401 g/mol. The largest absolute Gasteiger partial charge is 0.463 e. The molecule has 2 heterocycles. The van der Waals surface area contributed by atoms with Gasteiger partial charge in [-0.25, -0.2) is 4.99 Å². The van der Waals surface area contributed by atoms with Crippen LogP contribution in [-0.2, 0) is 24.7 Å². The van der Waals surface area contributed by atoms with Gasteiger partial charge in [-0.3, -0.25) is 9.59 Å². The number of hydrogen-bond donors (Lipinski definition) is 2. The minimum atomic E-state index is -1.19. The Bertz CT molecular complexity index is 836. The van der Waals surface area contributed by atoms with Crippen molar-refractivity contribution in [1.82, 2.24) is 4.98 Å². The van der Waals surface area contributed by atoms with E-state index in [0.29, 0.717) is 30.7 Å². The predicted octanol–water partition coefficient (Wildman–Crippen LogP) is 2.17. The summed E-state index contributed by atoms with van der Waals surface area (Å²) < 4.78 is 11.1. The minimum Gasteiger partial charge on any atom is -0.463 e. The molecule has 29 heavy (non-hydrogen) atoms. The zero-order valence-electron chi connectivity index (χ0n) is 17.0. The van der Waals surface area contributed by atoms with Crippen molar-refractivity contribution in [1.29, 1.82) is 5.26 Å². The van der Waals surface area contributed by atoms with Crippen molar-refractivity contribution in [3.63, 3.8) is 0 Å². The van der Waals surface area contributed by atoms with Gasteiger partial charge < -0.3 is 20.2 Å². The average Bonchev–Trinajstić information content (AvgIpc) is 3.33. The van der Waals surface area contributed by atoms with Crippen molar-refractivity contribution in [3.05, 3.63) is 23.5 Å². The molecule has 9 nitrogen and oxygen atoms in total. The van der Waals surface area contributed by atoms with Crippen LogP contribution in [0.5, 0.6) is 0 Å². The molecule has 2 rings (SSSR count). The van der Waals surface area contributed by atoms with E-state index in [-0.39, 0.29) is 42.8 Å². The maximum atomic E-state index is 12.1. The highest BCUT2D eigenvalue weighted by molar-refractivity contribution is 6.06. The zero-order chi connectivity index (χ0) is 21.4. The van der Waals surface area contributed by atoms with Crippen molar-refractivity contribution >= 4 is 24.1 Å². The van der Waals surface area contributed by atoms with Crippen LogP contribution in [0.1, 0.15) is 57.8 Å². The number of nitriles is 1. The number of aromatic nitrogens is 1. The summed E-state index contributed by atoms with van der Waals surface area (Å²) in [5.74, 6) is -0.302. The van der Waals surface area contributed by atoms with Gasteiger partial charge >= 0.3 is 5.97 Å². The summed E-state index contributed by atoms with van der Waals surface area (Å²) >= 11 is 0. The first-order valence-corrected chi connectivity index (χ1v) is 9.63. The van der Waals surface area contributed by atoms with Crippen LogP contribution in [0.3, 0.4) is 0 Å². The molecule has 0 spiro atoms. The van der Waals surface area contributed by atoms with Gasteiger partial charge in [0.2, 0.25) is 5.91 Å². The van der Waals surface area contributed by atoms with E-state index in [1.165, 1.54) is 0 Å². The van der Waals surface area contributed by atoms with E-state index in [9.17, 15) is 14.9 Å². The molecule has 1 fully saturated rings.